The third kappa shape index (κ3) is 4.78. The maximum Gasteiger partial charge on any atom is 0.436 e. The van der Waals surface area contributed by atoms with Gasteiger partial charge in [0, 0.05) is 16.0 Å². The van der Waals surface area contributed by atoms with E-state index in [2.05, 4.69) is 15.5 Å². The molecule has 1 unspecified atom stereocenters. The van der Waals surface area contributed by atoms with Crippen LogP contribution in [0.5, 0.6) is 0 Å². The SMILES string of the molecule is Cc1nn(Cc2ccc(Cl)cc2Cl)c(C)c1NC(=O)C(C)n1nc(C(F)(F)F)c(Cl)c1C1CC1. The number of nitrogens with zero attached hydrogens (tertiary/aromatic N) is 4. The monoisotopic (exact) mass is 533 g/mol. The summed E-state index contributed by atoms with van der Waals surface area (Å²) in [6.45, 7) is 5.36. The highest BCUT2D eigenvalue weighted by Crippen LogP contribution is 2.47. The number of rotatable bonds is 6. The van der Waals surface area contributed by atoms with E-state index in [0.717, 1.165) is 10.2 Å². The van der Waals surface area contributed by atoms with Crippen molar-refractivity contribution in [1.29, 1.82) is 0 Å². The summed E-state index contributed by atoms with van der Waals surface area (Å²) in [6, 6.07) is 4.13. The highest BCUT2D eigenvalue weighted by molar-refractivity contribution is 6.35. The molecule has 0 aliphatic heterocycles. The minimum absolute atomic E-state index is 0.137. The van der Waals surface area contributed by atoms with E-state index in [1.165, 1.54) is 6.92 Å². The molecule has 2 aromatic heterocycles. The van der Waals surface area contributed by atoms with Crippen molar-refractivity contribution in [1.82, 2.24) is 19.6 Å². The van der Waals surface area contributed by atoms with Gasteiger partial charge < -0.3 is 5.32 Å². The molecule has 1 fully saturated rings. The lowest BCUT2D eigenvalue weighted by Crippen LogP contribution is -2.26. The van der Waals surface area contributed by atoms with Gasteiger partial charge in [0.1, 0.15) is 6.04 Å². The molecule has 1 saturated carbocycles. The van der Waals surface area contributed by atoms with E-state index in [4.69, 9.17) is 34.8 Å². The average molecular weight is 535 g/mol. The Labute approximate surface area is 209 Å². The molecule has 1 aliphatic rings. The average Bonchev–Trinajstić information content (AvgIpc) is 3.47. The van der Waals surface area contributed by atoms with Crippen LogP contribution in [-0.2, 0) is 17.5 Å². The van der Waals surface area contributed by atoms with Gasteiger partial charge in [0.15, 0.2) is 5.69 Å². The molecule has 1 N–H and O–H groups in total. The lowest BCUT2D eigenvalue weighted by Gasteiger charge is -2.16. The van der Waals surface area contributed by atoms with Crippen molar-refractivity contribution in [2.24, 2.45) is 0 Å². The van der Waals surface area contributed by atoms with Crippen LogP contribution in [0.15, 0.2) is 18.2 Å². The summed E-state index contributed by atoms with van der Waals surface area (Å²) in [5, 5.41) is 11.5. The van der Waals surface area contributed by atoms with Gasteiger partial charge in [-0.1, -0.05) is 40.9 Å². The van der Waals surface area contributed by atoms with Crippen molar-refractivity contribution in [3.8, 4) is 0 Å². The summed E-state index contributed by atoms with van der Waals surface area (Å²) < 4.78 is 42.9. The Hall–Kier alpha value is -2.23. The molecular formula is C22H21Cl3F3N5O. The largest absolute Gasteiger partial charge is 0.436 e. The van der Waals surface area contributed by atoms with Crippen molar-refractivity contribution in [2.45, 2.75) is 58.3 Å². The first-order chi connectivity index (χ1) is 15.9. The number of anilines is 1. The molecule has 0 saturated heterocycles. The van der Waals surface area contributed by atoms with E-state index < -0.39 is 28.8 Å². The molecule has 1 aromatic carbocycles. The first-order valence-electron chi connectivity index (χ1n) is 10.5. The van der Waals surface area contributed by atoms with Crippen LogP contribution < -0.4 is 5.32 Å². The highest BCUT2D eigenvalue weighted by atomic mass is 35.5. The van der Waals surface area contributed by atoms with Crippen molar-refractivity contribution in [2.75, 3.05) is 5.32 Å². The number of benzene rings is 1. The molecule has 34 heavy (non-hydrogen) atoms. The molecule has 0 bridgehead atoms. The van der Waals surface area contributed by atoms with Gasteiger partial charge in [0.25, 0.3) is 0 Å². The first kappa shape index (κ1) is 24.9. The van der Waals surface area contributed by atoms with Gasteiger partial charge in [-0.25, -0.2) is 0 Å². The zero-order valence-corrected chi connectivity index (χ0v) is 20.7. The quantitative estimate of drug-likeness (QED) is 0.378. The van der Waals surface area contributed by atoms with Gasteiger partial charge in [-0.3, -0.25) is 14.2 Å². The van der Waals surface area contributed by atoms with Gasteiger partial charge in [0.05, 0.1) is 34.3 Å². The molecular weight excluding hydrogens is 514 g/mol. The van der Waals surface area contributed by atoms with Gasteiger partial charge in [-0.05, 0) is 51.3 Å². The summed E-state index contributed by atoms with van der Waals surface area (Å²) >= 11 is 18.3. The summed E-state index contributed by atoms with van der Waals surface area (Å²) in [6.07, 6.45) is -3.30. The summed E-state index contributed by atoms with van der Waals surface area (Å²) in [5.74, 6) is -0.660. The van der Waals surface area contributed by atoms with Crippen LogP contribution in [0, 0.1) is 13.8 Å². The second-order valence-corrected chi connectivity index (χ2v) is 9.59. The van der Waals surface area contributed by atoms with Crippen molar-refractivity contribution in [3.63, 3.8) is 0 Å². The number of carbonyl (C=O) groups excluding carboxylic acids is 1. The Morgan fingerprint density at radius 1 is 1.21 bits per heavy atom. The lowest BCUT2D eigenvalue weighted by atomic mass is 10.2. The minimum Gasteiger partial charge on any atom is -0.321 e. The van der Waals surface area contributed by atoms with Crippen LogP contribution in [0.2, 0.25) is 15.1 Å². The zero-order valence-electron chi connectivity index (χ0n) is 18.5. The Morgan fingerprint density at radius 2 is 1.88 bits per heavy atom. The molecule has 1 atom stereocenters. The highest BCUT2D eigenvalue weighted by Gasteiger charge is 2.43. The van der Waals surface area contributed by atoms with Crippen LogP contribution in [0.1, 0.15) is 60.1 Å². The third-order valence-corrected chi connectivity index (χ3v) is 6.79. The Kier molecular flexibility index (Phi) is 6.65. The summed E-state index contributed by atoms with van der Waals surface area (Å²) in [4.78, 5) is 13.1. The first-order valence-corrected chi connectivity index (χ1v) is 11.7. The molecule has 1 aliphatic carbocycles. The second kappa shape index (κ2) is 9.09. The Bertz CT molecular complexity index is 1260. The van der Waals surface area contributed by atoms with E-state index in [1.807, 2.05) is 0 Å². The predicted octanol–water partition coefficient (Wildman–Crippen LogP) is 6.80. The van der Waals surface area contributed by atoms with E-state index in [9.17, 15) is 18.0 Å². The van der Waals surface area contributed by atoms with E-state index >= 15 is 0 Å². The fourth-order valence-electron chi connectivity index (χ4n) is 3.81. The molecule has 4 rings (SSSR count). The van der Waals surface area contributed by atoms with Gasteiger partial charge in [0.2, 0.25) is 5.91 Å². The predicted molar refractivity (Wildman–Crippen MR) is 125 cm³/mol. The van der Waals surface area contributed by atoms with Crippen LogP contribution in [0.4, 0.5) is 18.9 Å². The Morgan fingerprint density at radius 3 is 2.47 bits per heavy atom. The minimum atomic E-state index is -4.71. The summed E-state index contributed by atoms with van der Waals surface area (Å²) in [7, 11) is 0. The number of aromatic nitrogens is 4. The van der Waals surface area contributed by atoms with Gasteiger partial charge in [-0.15, -0.1) is 0 Å². The van der Waals surface area contributed by atoms with Crippen LogP contribution in [0.3, 0.4) is 0 Å². The maximum absolute atomic E-state index is 13.4. The van der Waals surface area contributed by atoms with Crippen molar-refractivity contribution >= 4 is 46.4 Å². The molecule has 182 valence electrons. The fourth-order valence-corrected chi connectivity index (χ4v) is 4.66. The van der Waals surface area contributed by atoms with Gasteiger partial charge in [-0.2, -0.15) is 23.4 Å². The Balaban J connectivity index is 1.59. The van der Waals surface area contributed by atoms with Gasteiger partial charge >= 0.3 is 6.18 Å². The normalized spacial score (nSPS) is 15.0. The standard InChI is InChI=1S/C22H21Cl3F3N5O/c1-10-18(11(2)32(30-10)9-14-6-7-15(23)8-16(14)24)29-21(34)12(3)33-19(13-4-5-13)17(25)20(31-33)22(26,27)28/h6-8,12-13H,4-5,9H2,1-3H3,(H,29,34). The second-order valence-electron chi connectivity index (χ2n) is 8.37. The molecule has 0 radical (unpaired) electrons. The topological polar surface area (TPSA) is 64.7 Å². The summed E-state index contributed by atoms with van der Waals surface area (Å²) in [5.41, 5.74) is 1.57. The van der Waals surface area contributed by atoms with Crippen LogP contribution in [0.25, 0.3) is 0 Å². The number of carbonyl (C=O) groups is 1. The third-order valence-electron chi connectivity index (χ3n) is 5.83. The van der Waals surface area contributed by atoms with Crippen molar-refractivity contribution in [3.05, 3.63) is 61.6 Å². The lowest BCUT2D eigenvalue weighted by molar-refractivity contribution is -0.141. The van der Waals surface area contributed by atoms with E-state index in [0.29, 0.717) is 46.5 Å². The molecule has 6 nitrogen and oxygen atoms in total. The maximum atomic E-state index is 13.4. The van der Waals surface area contributed by atoms with E-state index in [-0.39, 0.29) is 11.6 Å². The fraction of sp³-hybridized carbons (Fsp3) is 0.409. The molecule has 0 spiro atoms. The number of hydrogen-bond acceptors (Lipinski definition) is 3. The molecule has 12 heteroatoms. The number of nitrogens with one attached hydrogen (secondary N) is 1. The molecule has 2 heterocycles. The zero-order chi connectivity index (χ0) is 24.9. The number of hydrogen-bond donors (Lipinski definition) is 1. The smallest absolute Gasteiger partial charge is 0.321 e. The molecule has 1 amide bonds. The number of amides is 1. The molecule has 3 aromatic rings. The van der Waals surface area contributed by atoms with Crippen LogP contribution in [-0.4, -0.2) is 25.5 Å². The van der Waals surface area contributed by atoms with Crippen molar-refractivity contribution < 1.29 is 18.0 Å². The van der Waals surface area contributed by atoms with E-state index in [1.54, 1.807) is 36.7 Å². The number of aryl methyl sites for hydroxylation is 1. The number of alkyl halides is 3. The van der Waals surface area contributed by atoms with Crippen LogP contribution >= 0.6 is 34.8 Å². The number of halogens is 6.